The van der Waals surface area contributed by atoms with Crippen LogP contribution in [0.15, 0.2) is 218 Å². The highest BCUT2D eigenvalue weighted by atomic mass is 15.0. The highest BCUT2D eigenvalue weighted by Crippen LogP contribution is 2.40. The van der Waals surface area contributed by atoms with Gasteiger partial charge in [-0.25, -0.2) is 0 Å². The van der Waals surface area contributed by atoms with Crippen LogP contribution >= 0.6 is 0 Å². The van der Waals surface area contributed by atoms with Crippen molar-refractivity contribution < 1.29 is 0 Å². The summed E-state index contributed by atoms with van der Waals surface area (Å²) in [4.78, 5) is 0. The fourth-order valence-electron chi connectivity index (χ4n) is 8.61. The molecule has 0 atom stereocenters. The zero-order valence-corrected chi connectivity index (χ0v) is 30.7. The van der Waals surface area contributed by atoms with E-state index in [-0.39, 0.29) is 0 Å². The predicted octanol–water partition coefficient (Wildman–Crippen LogP) is 14.5. The van der Waals surface area contributed by atoms with E-state index in [2.05, 4.69) is 228 Å². The van der Waals surface area contributed by atoms with E-state index in [1.54, 1.807) is 0 Å². The van der Waals surface area contributed by atoms with Crippen molar-refractivity contribution in [2.45, 2.75) is 0 Å². The van der Waals surface area contributed by atoms with Gasteiger partial charge in [0.15, 0.2) is 0 Å². The van der Waals surface area contributed by atoms with Crippen molar-refractivity contribution in [2.24, 2.45) is 0 Å². The summed E-state index contributed by atoms with van der Waals surface area (Å²) in [6.07, 6.45) is 0. The molecular formula is C54H36N2. The normalized spacial score (nSPS) is 11.6. The van der Waals surface area contributed by atoms with Crippen LogP contribution in [0.25, 0.3) is 99.5 Å². The van der Waals surface area contributed by atoms with E-state index in [9.17, 15) is 0 Å². The van der Waals surface area contributed by atoms with Crippen molar-refractivity contribution in [3.05, 3.63) is 218 Å². The summed E-state index contributed by atoms with van der Waals surface area (Å²) in [6, 6.07) is 79.4. The molecule has 11 aromatic rings. The topological polar surface area (TPSA) is 9.86 Å². The molecule has 0 bridgehead atoms. The van der Waals surface area contributed by atoms with Crippen molar-refractivity contribution in [3.63, 3.8) is 0 Å². The van der Waals surface area contributed by atoms with E-state index < -0.39 is 0 Å². The third kappa shape index (κ3) is 5.34. The lowest BCUT2D eigenvalue weighted by Crippen LogP contribution is -1.94. The zero-order chi connectivity index (χ0) is 37.0. The number of nitrogens with zero attached hydrogens (tertiary/aromatic N) is 2. The maximum absolute atomic E-state index is 2.43. The number of benzene rings is 9. The zero-order valence-electron chi connectivity index (χ0n) is 30.7. The Bertz CT molecular complexity index is 3210. The van der Waals surface area contributed by atoms with Gasteiger partial charge in [-0.3, -0.25) is 0 Å². The third-order valence-corrected chi connectivity index (χ3v) is 11.3. The largest absolute Gasteiger partial charge is 0.309 e. The minimum atomic E-state index is 1.14. The summed E-state index contributed by atoms with van der Waals surface area (Å²) in [5.74, 6) is 0. The maximum Gasteiger partial charge on any atom is 0.0547 e. The molecule has 2 heteroatoms. The second kappa shape index (κ2) is 13.2. The Hall–Kier alpha value is -7.42. The molecule has 0 spiro atoms. The Balaban J connectivity index is 1.06. The molecule has 0 fully saturated rings. The fourth-order valence-corrected chi connectivity index (χ4v) is 8.61. The van der Waals surface area contributed by atoms with E-state index in [1.165, 1.54) is 93.8 Å². The Kier molecular flexibility index (Phi) is 7.53. The molecule has 56 heavy (non-hydrogen) atoms. The van der Waals surface area contributed by atoms with Gasteiger partial charge in [-0.15, -0.1) is 0 Å². The minimum Gasteiger partial charge on any atom is -0.309 e. The monoisotopic (exact) mass is 712 g/mol. The van der Waals surface area contributed by atoms with Gasteiger partial charge >= 0.3 is 0 Å². The number of aromatic nitrogens is 2. The second-order valence-corrected chi connectivity index (χ2v) is 14.6. The highest BCUT2D eigenvalue weighted by molar-refractivity contribution is 6.13. The summed E-state index contributed by atoms with van der Waals surface area (Å²) in [6.45, 7) is 0. The van der Waals surface area contributed by atoms with Crippen LogP contribution in [-0.4, -0.2) is 9.13 Å². The first-order valence-electron chi connectivity index (χ1n) is 19.3. The second-order valence-electron chi connectivity index (χ2n) is 14.6. The molecule has 0 saturated heterocycles. The summed E-state index contributed by atoms with van der Waals surface area (Å²) >= 11 is 0. The first kappa shape index (κ1) is 32.0. The van der Waals surface area contributed by atoms with E-state index >= 15 is 0 Å². The van der Waals surface area contributed by atoms with Crippen LogP contribution in [0.2, 0.25) is 0 Å². The molecule has 2 nitrogen and oxygen atoms in total. The minimum absolute atomic E-state index is 1.14. The van der Waals surface area contributed by atoms with E-state index in [0.29, 0.717) is 0 Å². The third-order valence-electron chi connectivity index (χ3n) is 11.3. The molecular weight excluding hydrogens is 677 g/mol. The molecule has 0 aliphatic rings. The van der Waals surface area contributed by atoms with Crippen LogP contribution in [0, 0.1) is 0 Å². The van der Waals surface area contributed by atoms with E-state index in [0.717, 1.165) is 5.69 Å². The first-order valence-corrected chi connectivity index (χ1v) is 19.3. The van der Waals surface area contributed by atoms with Gasteiger partial charge in [-0.2, -0.15) is 0 Å². The van der Waals surface area contributed by atoms with Gasteiger partial charge in [0.1, 0.15) is 0 Å². The quantitative estimate of drug-likeness (QED) is 0.162. The Morgan fingerprint density at radius 1 is 0.196 bits per heavy atom. The molecule has 262 valence electrons. The summed E-state index contributed by atoms with van der Waals surface area (Å²) < 4.78 is 4.81. The predicted molar refractivity (Wildman–Crippen MR) is 237 cm³/mol. The van der Waals surface area contributed by atoms with Gasteiger partial charge < -0.3 is 9.13 Å². The maximum atomic E-state index is 2.43. The number of hydrogen-bond acceptors (Lipinski definition) is 0. The average molecular weight is 713 g/mol. The Morgan fingerprint density at radius 2 is 0.589 bits per heavy atom. The van der Waals surface area contributed by atoms with Crippen molar-refractivity contribution in [2.75, 3.05) is 0 Å². The summed E-state index contributed by atoms with van der Waals surface area (Å²) in [7, 11) is 0. The molecule has 2 heterocycles. The van der Waals surface area contributed by atoms with Crippen molar-refractivity contribution in [1.29, 1.82) is 0 Å². The van der Waals surface area contributed by atoms with Crippen LogP contribution in [0.5, 0.6) is 0 Å². The summed E-state index contributed by atoms with van der Waals surface area (Å²) in [5, 5.41) is 4.99. The van der Waals surface area contributed by atoms with Crippen LogP contribution in [-0.2, 0) is 0 Å². The molecule has 0 amide bonds. The first-order chi connectivity index (χ1) is 27.8. The van der Waals surface area contributed by atoms with Gasteiger partial charge in [-0.05, 0) is 111 Å². The van der Waals surface area contributed by atoms with Gasteiger partial charge in [-0.1, -0.05) is 152 Å². The molecule has 0 radical (unpaired) electrons. The van der Waals surface area contributed by atoms with Crippen LogP contribution in [0.3, 0.4) is 0 Å². The van der Waals surface area contributed by atoms with E-state index in [4.69, 9.17) is 0 Å². The van der Waals surface area contributed by atoms with Crippen LogP contribution in [0.4, 0.5) is 0 Å². The Morgan fingerprint density at radius 3 is 1.21 bits per heavy atom. The SMILES string of the molecule is c1ccc(-c2cccc(-c3ccc(-n4c5ccc(-c6ccc7c(c6)c6ccccc6n7-c6ccccc6)cc5c5ccc(-c6ccccc6)cc54)cc3)c2)cc1. The van der Waals surface area contributed by atoms with Crippen molar-refractivity contribution in [1.82, 2.24) is 9.13 Å². The van der Waals surface area contributed by atoms with Gasteiger partial charge in [0.25, 0.3) is 0 Å². The molecule has 0 N–H and O–H groups in total. The molecule has 0 saturated carbocycles. The van der Waals surface area contributed by atoms with Crippen molar-refractivity contribution in [3.8, 4) is 55.9 Å². The molecule has 0 aliphatic heterocycles. The lowest BCUT2D eigenvalue weighted by molar-refractivity contribution is 1.18. The molecule has 0 unspecified atom stereocenters. The molecule has 0 aliphatic carbocycles. The highest BCUT2D eigenvalue weighted by Gasteiger charge is 2.17. The van der Waals surface area contributed by atoms with Gasteiger partial charge in [0, 0.05) is 32.9 Å². The number of rotatable bonds is 6. The van der Waals surface area contributed by atoms with Crippen LogP contribution < -0.4 is 0 Å². The lowest BCUT2D eigenvalue weighted by Gasteiger charge is -2.11. The van der Waals surface area contributed by atoms with Crippen LogP contribution in [0.1, 0.15) is 0 Å². The molecule has 11 rings (SSSR count). The smallest absolute Gasteiger partial charge is 0.0547 e. The number of para-hydroxylation sites is 2. The lowest BCUT2D eigenvalue weighted by atomic mass is 9.99. The van der Waals surface area contributed by atoms with Gasteiger partial charge in [0.2, 0.25) is 0 Å². The van der Waals surface area contributed by atoms with Crippen molar-refractivity contribution >= 4 is 43.6 Å². The number of fused-ring (bicyclic) bond motifs is 6. The molecule has 2 aromatic heterocycles. The number of hydrogen-bond donors (Lipinski definition) is 0. The standard InChI is InChI=1S/C54H36N2/c1-4-13-37(14-5-1)40-17-12-18-41(33-40)39-23-28-46(29-24-39)56-53-32-27-43(35-50(53)48-30-25-44(36-54(48)56)38-15-6-2-7-16-38)42-26-31-52-49(34-42)47-21-10-11-22-51(47)55(52)45-19-8-3-9-20-45/h1-36H. The summed E-state index contributed by atoms with van der Waals surface area (Å²) in [5.41, 5.74) is 16.8. The Labute approximate surface area is 325 Å². The van der Waals surface area contributed by atoms with Gasteiger partial charge in [0.05, 0.1) is 22.1 Å². The van der Waals surface area contributed by atoms with E-state index in [1.807, 2.05) is 0 Å². The average Bonchev–Trinajstić information content (AvgIpc) is 3.79. The molecule has 9 aromatic carbocycles. The fraction of sp³-hybridized carbons (Fsp3) is 0.